The fraction of sp³-hybridized carbons (Fsp3) is 0.381. The summed E-state index contributed by atoms with van der Waals surface area (Å²) in [5.41, 5.74) is 1.39. The van der Waals surface area contributed by atoms with E-state index in [2.05, 4.69) is 9.62 Å². The number of methoxy groups -OCH3 is 1. The first kappa shape index (κ1) is 21.3. The molecule has 1 aliphatic rings. The molecule has 0 saturated carbocycles. The Balaban J connectivity index is 1.76. The molecule has 7 nitrogen and oxygen atoms in total. The highest BCUT2D eigenvalue weighted by Gasteiger charge is 2.25. The summed E-state index contributed by atoms with van der Waals surface area (Å²) in [6.07, 6.45) is 0.572. The molecular weight excluding hydrogens is 390 g/mol. The number of piperazine rings is 1. The molecule has 156 valence electrons. The zero-order valence-electron chi connectivity index (χ0n) is 16.8. The largest absolute Gasteiger partial charge is 0.495 e. The van der Waals surface area contributed by atoms with E-state index in [1.54, 1.807) is 11.0 Å². The Hall–Kier alpha value is -2.42. The van der Waals surface area contributed by atoms with Crippen LogP contribution in [0, 0.1) is 0 Å². The Kier molecular flexibility index (Phi) is 6.89. The van der Waals surface area contributed by atoms with Gasteiger partial charge in [0.1, 0.15) is 10.6 Å². The highest BCUT2D eigenvalue weighted by atomic mass is 32.2. The van der Waals surface area contributed by atoms with Crippen molar-refractivity contribution in [1.82, 2.24) is 14.5 Å². The summed E-state index contributed by atoms with van der Waals surface area (Å²) in [4.78, 5) is 16.7. The number of nitrogens with one attached hydrogen (secondary N) is 1. The van der Waals surface area contributed by atoms with Gasteiger partial charge in [-0.25, -0.2) is 13.1 Å². The van der Waals surface area contributed by atoms with Crippen molar-refractivity contribution in [2.24, 2.45) is 0 Å². The first-order valence-electron chi connectivity index (χ1n) is 9.60. The predicted octanol–water partition coefficient (Wildman–Crippen LogP) is 1.60. The molecule has 0 atom stereocenters. The van der Waals surface area contributed by atoms with Gasteiger partial charge >= 0.3 is 0 Å². The van der Waals surface area contributed by atoms with Crippen molar-refractivity contribution in [3.8, 4) is 5.75 Å². The number of ether oxygens (including phenoxy) is 1. The van der Waals surface area contributed by atoms with E-state index in [9.17, 15) is 13.2 Å². The summed E-state index contributed by atoms with van der Waals surface area (Å²) in [7, 11) is -0.391. The number of nitrogens with zero attached hydrogens (tertiary/aromatic N) is 2. The van der Waals surface area contributed by atoms with Crippen LogP contribution in [0.3, 0.4) is 0 Å². The number of benzene rings is 2. The van der Waals surface area contributed by atoms with Gasteiger partial charge in [0, 0.05) is 38.3 Å². The number of carbonyl (C=O) groups is 1. The molecular formula is C21H27N3O4S. The minimum atomic E-state index is -3.82. The van der Waals surface area contributed by atoms with Gasteiger partial charge < -0.3 is 14.5 Å². The van der Waals surface area contributed by atoms with Gasteiger partial charge in [0.2, 0.25) is 10.0 Å². The van der Waals surface area contributed by atoms with Crippen LogP contribution in [0.5, 0.6) is 5.75 Å². The first-order valence-corrected chi connectivity index (χ1v) is 11.1. The fourth-order valence-corrected chi connectivity index (χ4v) is 4.49. The lowest BCUT2D eigenvalue weighted by molar-refractivity contribution is 0.0664. The second kappa shape index (κ2) is 9.39. The SMILES string of the molecule is COc1ccc(C(=O)N2CCN(C)CC2)cc1S(=O)(=O)NCCc1ccccc1. The number of hydrogen-bond acceptors (Lipinski definition) is 5. The van der Waals surface area contributed by atoms with Crippen molar-refractivity contribution in [3.05, 3.63) is 59.7 Å². The molecule has 2 aromatic carbocycles. The zero-order chi connectivity index (χ0) is 20.9. The summed E-state index contributed by atoms with van der Waals surface area (Å²) < 4.78 is 33.6. The molecule has 0 radical (unpaired) electrons. The number of hydrogen-bond donors (Lipinski definition) is 1. The molecule has 1 amide bonds. The van der Waals surface area contributed by atoms with Crippen LogP contribution in [0.1, 0.15) is 15.9 Å². The van der Waals surface area contributed by atoms with E-state index in [-0.39, 0.29) is 23.1 Å². The molecule has 1 N–H and O–H groups in total. The van der Waals surface area contributed by atoms with Crippen LogP contribution >= 0.6 is 0 Å². The lowest BCUT2D eigenvalue weighted by Crippen LogP contribution is -2.47. The van der Waals surface area contributed by atoms with Gasteiger partial charge in [-0.3, -0.25) is 4.79 Å². The highest BCUT2D eigenvalue weighted by Crippen LogP contribution is 2.25. The molecule has 1 aliphatic heterocycles. The molecule has 0 bridgehead atoms. The number of sulfonamides is 1. The van der Waals surface area contributed by atoms with Gasteiger partial charge in [-0.1, -0.05) is 30.3 Å². The molecule has 8 heteroatoms. The molecule has 0 aliphatic carbocycles. The third kappa shape index (κ3) is 5.35. The summed E-state index contributed by atoms with van der Waals surface area (Å²) in [5.74, 6) is 0.0497. The maximum absolute atomic E-state index is 12.9. The first-order chi connectivity index (χ1) is 13.9. The monoisotopic (exact) mass is 417 g/mol. The van der Waals surface area contributed by atoms with Crippen LogP contribution < -0.4 is 9.46 Å². The molecule has 0 spiro atoms. The smallest absolute Gasteiger partial charge is 0.253 e. The van der Waals surface area contributed by atoms with Crippen LogP contribution in [-0.4, -0.2) is 71.0 Å². The molecule has 29 heavy (non-hydrogen) atoms. The van der Waals surface area contributed by atoms with Crippen LogP contribution in [0.15, 0.2) is 53.4 Å². The summed E-state index contributed by atoms with van der Waals surface area (Å²) in [6, 6.07) is 14.2. The summed E-state index contributed by atoms with van der Waals surface area (Å²) in [6.45, 7) is 3.10. The Bertz CT molecular complexity index is 940. The third-order valence-electron chi connectivity index (χ3n) is 5.04. The number of likely N-dealkylation sites (N-methyl/N-ethyl adjacent to an activating group) is 1. The van der Waals surface area contributed by atoms with Crippen molar-refractivity contribution in [2.45, 2.75) is 11.3 Å². The Morgan fingerprint density at radius 3 is 2.41 bits per heavy atom. The van der Waals surface area contributed by atoms with E-state index >= 15 is 0 Å². The number of rotatable bonds is 7. The minimum absolute atomic E-state index is 0.0203. The van der Waals surface area contributed by atoms with Crippen molar-refractivity contribution in [3.63, 3.8) is 0 Å². The van der Waals surface area contributed by atoms with Gasteiger partial charge in [-0.15, -0.1) is 0 Å². The van der Waals surface area contributed by atoms with Crippen LogP contribution in [0.4, 0.5) is 0 Å². The van der Waals surface area contributed by atoms with Gasteiger partial charge in [-0.05, 0) is 37.2 Å². The maximum Gasteiger partial charge on any atom is 0.253 e. The Morgan fingerprint density at radius 2 is 1.76 bits per heavy atom. The second-order valence-electron chi connectivity index (χ2n) is 7.09. The fourth-order valence-electron chi connectivity index (χ4n) is 3.26. The van der Waals surface area contributed by atoms with Gasteiger partial charge in [0.15, 0.2) is 0 Å². The van der Waals surface area contributed by atoms with Crippen LogP contribution in [-0.2, 0) is 16.4 Å². The molecule has 2 aromatic rings. The van der Waals surface area contributed by atoms with Gasteiger partial charge in [0.25, 0.3) is 5.91 Å². The summed E-state index contributed by atoms with van der Waals surface area (Å²) in [5, 5.41) is 0. The molecule has 0 unspecified atom stereocenters. The molecule has 1 fully saturated rings. The Labute approximate surface area is 172 Å². The van der Waals surface area contributed by atoms with E-state index < -0.39 is 10.0 Å². The van der Waals surface area contributed by atoms with E-state index in [4.69, 9.17) is 4.74 Å². The topological polar surface area (TPSA) is 79.0 Å². The van der Waals surface area contributed by atoms with Gasteiger partial charge in [-0.2, -0.15) is 0 Å². The van der Waals surface area contributed by atoms with E-state index in [0.29, 0.717) is 25.1 Å². The van der Waals surface area contributed by atoms with Crippen LogP contribution in [0.25, 0.3) is 0 Å². The van der Waals surface area contributed by atoms with Crippen molar-refractivity contribution in [2.75, 3.05) is 46.9 Å². The Morgan fingerprint density at radius 1 is 1.07 bits per heavy atom. The average molecular weight is 418 g/mol. The van der Waals surface area contributed by atoms with Crippen LogP contribution in [0.2, 0.25) is 0 Å². The quantitative estimate of drug-likeness (QED) is 0.740. The average Bonchev–Trinajstić information content (AvgIpc) is 2.74. The standard InChI is InChI=1S/C21H27N3O4S/c1-23-12-14-24(15-13-23)21(25)18-8-9-19(28-2)20(16-18)29(26,27)22-11-10-17-6-4-3-5-7-17/h3-9,16,22H,10-15H2,1-2H3. The van der Waals surface area contributed by atoms with Crippen molar-refractivity contribution >= 4 is 15.9 Å². The normalized spacial score (nSPS) is 15.3. The molecule has 0 aromatic heterocycles. The van der Waals surface area contributed by atoms with Crippen molar-refractivity contribution in [1.29, 1.82) is 0 Å². The number of carbonyl (C=O) groups excluding carboxylic acids is 1. The third-order valence-corrected chi connectivity index (χ3v) is 6.52. The van der Waals surface area contributed by atoms with E-state index in [0.717, 1.165) is 18.7 Å². The highest BCUT2D eigenvalue weighted by molar-refractivity contribution is 7.89. The molecule has 1 heterocycles. The summed E-state index contributed by atoms with van der Waals surface area (Å²) >= 11 is 0. The number of amides is 1. The second-order valence-corrected chi connectivity index (χ2v) is 8.83. The molecule has 3 rings (SSSR count). The predicted molar refractivity (Wildman–Crippen MR) is 112 cm³/mol. The lowest BCUT2D eigenvalue weighted by atomic mass is 10.1. The van der Waals surface area contributed by atoms with E-state index in [1.165, 1.54) is 19.2 Å². The van der Waals surface area contributed by atoms with E-state index in [1.807, 2.05) is 37.4 Å². The van der Waals surface area contributed by atoms with Gasteiger partial charge in [0.05, 0.1) is 7.11 Å². The lowest BCUT2D eigenvalue weighted by Gasteiger charge is -2.32. The van der Waals surface area contributed by atoms with Crippen molar-refractivity contribution < 1.29 is 17.9 Å². The zero-order valence-corrected chi connectivity index (χ0v) is 17.6. The maximum atomic E-state index is 12.9. The minimum Gasteiger partial charge on any atom is -0.495 e. The molecule has 1 saturated heterocycles.